The highest BCUT2D eigenvalue weighted by Gasteiger charge is 2.22. The van der Waals surface area contributed by atoms with Gasteiger partial charge in [-0.15, -0.1) is 0 Å². The van der Waals surface area contributed by atoms with E-state index in [4.69, 9.17) is 10.5 Å². The van der Waals surface area contributed by atoms with Crippen molar-refractivity contribution < 1.29 is 18.3 Å². The number of hydrogen-bond donors (Lipinski definition) is 2. The molecule has 11 nitrogen and oxygen atoms in total. The van der Waals surface area contributed by atoms with Crippen LogP contribution >= 0.6 is 0 Å². The van der Waals surface area contributed by atoms with E-state index < -0.39 is 17.6 Å². The van der Waals surface area contributed by atoms with Crippen LogP contribution in [0.15, 0.2) is 30.6 Å². The Balaban J connectivity index is 1.38. The number of hydrogen-bond acceptors (Lipinski definition) is 10. The molecule has 0 bridgehead atoms. The van der Waals surface area contributed by atoms with Gasteiger partial charge >= 0.3 is 5.97 Å². The number of nitrogen functional groups attached to an aromatic ring is 1. The zero-order valence-corrected chi connectivity index (χ0v) is 24.2. The van der Waals surface area contributed by atoms with Crippen molar-refractivity contribution in [3.63, 3.8) is 0 Å². The van der Waals surface area contributed by atoms with Gasteiger partial charge in [-0.25, -0.2) is 28.7 Å². The molecule has 0 radical (unpaired) electrons. The minimum atomic E-state index is -0.726. The summed E-state index contributed by atoms with van der Waals surface area (Å²) < 4.78 is 36.7. The van der Waals surface area contributed by atoms with E-state index in [-0.39, 0.29) is 35.2 Å². The second-order valence-corrected chi connectivity index (χ2v) is 10.5. The lowest BCUT2D eigenvalue weighted by molar-refractivity contribution is -0.141. The first-order valence-electron chi connectivity index (χ1n) is 13.9. The molecule has 1 aliphatic rings. The number of halogens is 2. The van der Waals surface area contributed by atoms with Crippen LogP contribution < -0.4 is 11.1 Å². The Morgan fingerprint density at radius 2 is 1.81 bits per heavy atom. The van der Waals surface area contributed by atoms with Crippen molar-refractivity contribution in [1.29, 1.82) is 0 Å². The van der Waals surface area contributed by atoms with E-state index in [0.29, 0.717) is 29.4 Å². The molecular formula is C29H35F2N9O2. The number of fused-ring (bicyclic) bond motifs is 1. The molecule has 3 aromatic heterocycles. The summed E-state index contributed by atoms with van der Waals surface area (Å²) in [6, 6.07) is 4.11. The maximum Gasteiger partial charge on any atom is 0.307 e. The van der Waals surface area contributed by atoms with Crippen molar-refractivity contribution in [3.8, 4) is 11.3 Å². The number of piperazine rings is 1. The van der Waals surface area contributed by atoms with Crippen LogP contribution in [0.1, 0.15) is 37.7 Å². The van der Waals surface area contributed by atoms with Crippen molar-refractivity contribution in [1.82, 2.24) is 34.3 Å². The van der Waals surface area contributed by atoms with Crippen LogP contribution in [0.4, 0.5) is 26.2 Å². The van der Waals surface area contributed by atoms with E-state index in [1.165, 1.54) is 13.2 Å². The van der Waals surface area contributed by atoms with E-state index >= 15 is 4.39 Å². The molecular weight excluding hydrogens is 544 g/mol. The van der Waals surface area contributed by atoms with E-state index in [2.05, 4.69) is 42.0 Å². The Kier molecular flexibility index (Phi) is 8.59. The van der Waals surface area contributed by atoms with Crippen molar-refractivity contribution in [2.75, 3.05) is 50.9 Å². The molecule has 1 unspecified atom stereocenters. The molecule has 1 fully saturated rings. The zero-order chi connectivity index (χ0) is 30.0. The maximum absolute atomic E-state index is 15.2. The number of nitrogens with one attached hydrogen (secondary N) is 1. The number of ether oxygens (including phenoxy) is 1. The van der Waals surface area contributed by atoms with E-state index in [0.717, 1.165) is 44.5 Å². The number of pyridine rings is 1. The van der Waals surface area contributed by atoms with Crippen molar-refractivity contribution in [3.05, 3.63) is 53.6 Å². The Labute approximate surface area is 242 Å². The lowest BCUT2D eigenvalue weighted by Crippen LogP contribution is -2.45. The van der Waals surface area contributed by atoms with Gasteiger partial charge in [0.15, 0.2) is 11.6 Å². The molecule has 1 aromatic carbocycles. The molecule has 0 aliphatic carbocycles. The summed E-state index contributed by atoms with van der Waals surface area (Å²) in [5.74, 6) is -0.783. The number of aromatic nitrogens is 5. The smallest absolute Gasteiger partial charge is 0.307 e. The van der Waals surface area contributed by atoms with Crippen LogP contribution in [0.3, 0.4) is 0 Å². The number of aryl methyl sites for hydroxylation is 1. The molecule has 4 heterocycles. The van der Waals surface area contributed by atoms with Crippen LogP contribution in [0.25, 0.3) is 22.3 Å². The minimum absolute atomic E-state index is 0.0645. The Bertz CT molecular complexity index is 1600. The summed E-state index contributed by atoms with van der Waals surface area (Å²) in [5.41, 5.74) is 8.46. The zero-order valence-electron chi connectivity index (χ0n) is 24.2. The monoisotopic (exact) mass is 579 g/mol. The fourth-order valence-corrected chi connectivity index (χ4v) is 5.33. The molecule has 0 spiro atoms. The van der Waals surface area contributed by atoms with Crippen LogP contribution in [-0.4, -0.2) is 80.1 Å². The fraction of sp³-hybridized carbons (Fsp3) is 0.414. The summed E-state index contributed by atoms with van der Waals surface area (Å²) in [7, 11) is 1.31. The lowest BCUT2D eigenvalue weighted by atomic mass is 10.1. The van der Waals surface area contributed by atoms with Crippen LogP contribution in [0.5, 0.6) is 0 Å². The average Bonchev–Trinajstić information content (AvgIpc) is 3.32. The third kappa shape index (κ3) is 6.16. The number of esters is 1. The summed E-state index contributed by atoms with van der Waals surface area (Å²) >= 11 is 0. The number of anilines is 3. The normalized spacial score (nSPS) is 15.2. The molecule has 5 rings (SSSR count). The average molecular weight is 580 g/mol. The van der Waals surface area contributed by atoms with Crippen LogP contribution in [0, 0.1) is 18.6 Å². The summed E-state index contributed by atoms with van der Waals surface area (Å²) in [6.07, 6.45) is 2.80. The first-order valence-corrected chi connectivity index (χ1v) is 13.9. The van der Waals surface area contributed by atoms with Crippen molar-refractivity contribution in [2.24, 2.45) is 0 Å². The third-order valence-corrected chi connectivity index (χ3v) is 7.64. The quantitative estimate of drug-likeness (QED) is 0.280. The Morgan fingerprint density at radius 1 is 1.07 bits per heavy atom. The Morgan fingerprint density at radius 3 is 2.50 bits per heavy atom. The molecule has 1 aliphatic heterocycles. The van der Waals surface area contributed by atoms with Crippen LogP contribution in [-0.2, 0) is 16.1 Å². The van der Waals surface area contributed by atoms with Gasteiger partial charge < -0.3 is 25.3 Å². The number of imidazole rings is 1. The van der Waals surface area contributed by atoms with Gasteiger partial charge in [-0.3, -0.25) is 9.69 Å². The Hall–Kier alpha value is -4.23. The highest BCUT2D eigenvalue weighted by molar-refractivity contribution is 5.83. The predicted molar refractivity (Wildman–Crippen MR) is 156 cm³/mol. The van der Waals surface area contributed by atoms with Crippen molar-refractivity contribution >= 4 is 34.5 Å². The second-order valence-electron chi connectivity index (χ2n) is 10.5. The molecule has 42 heavy (non-hydrogen) atoms. The van der Waals surface area contributed by atoms with Crippen molar-refractivity contribution in [2.45, 2.75) is 39.8 Å². The number of likely N-dealkylation sites (N-methyl/N-ethyl adjacent to an activating group) is 1. The standard InChI is InChI=1S/C29H35F2N9O2/c1-5-38-6-8-39(9-7-38)16-20-14-33-25(13-23(20)32)36-29-34-15-22(31)27(37-29)19-11-21(30)28-24(12-19)40(18(3)35-28)17(2)10-26(41)42-4/h11-15,17H,5-10,16H2,1-4H3,(H3,32,33,34,36,37). The molecule has 1 atom stereocenters. The third-order valence-electron chi connectivity index (χ3n) is 7.64. The van der Waals surface area contributed by atoms with E-state index in [1.807, 2.05) is 0 Å². The molecule has 0 amide bonds. The molecule has 222 valence electrons. The molecule has 4 aromatic rings. The predicted octanol–water partition coefficient (Wildman–Crippen LogP) is 4.06. The van der Waals surface area contributed by atoms with Crippen LogP contribution in [0.2, 0.25) is 0 Å². The summed E-state index contributed by atoms with van der Waals surface area (Å²) in [6.45, 7) is 11.4. The molecule has 1 saturated heterocycles. The lowest BCUT2D eigenvalue weighted by Gasteiger charge is -2.34. The SMILES string of the molecule is CCN1CCN(Cc2cnc(Nc3ncc(F)c(-c4cc(F)c5nc(C)n(C(C)CC(=O)OC)c5c4)n3)cc2N)CC1. The number of carbonyl (C=O) groups excluding carboxylic acids is 1. The van der Waals surface area contributed by atoms with Gasteiger partial charge in [-0.05, 0) is 32.5 Å². The number of methoxy groups -OCH3 is 1. The summed E-state index contributed by atoms with van der Waals surface area (Å²) in [4.78, 5) is 33.8. The number of carbonyl (C=O) groups is 1. The molecule has 13 heteroatoms. The highest BCUT2D eigenvalue weighted by Crippen LogP contribution is 2.31. The number of rotatable bonds is 9. The summed E-state index contributed by atoms with van der Waals surface area (Å²) in [5, 5.41) is 2.98. The molecule has 0 saturated carbocycles. The second kappa shape index (κ2) is 12.3. The van der Waals surface area contributed by atoms with Gasteiger partial charge in [0, 0.05) is 67.8 Å². The maximum atomic E-state index is 15.2. The van der Waals surface area contributed by atoms with Gasteiger partial charge in [0.05, 0.1) is 25.2 Å². The van der Waals surface area contributed by atoms with Gasteiger partial charge in [-0.2, -0.15) is 0 Å². The van der Waals surface area contributed by atoms with E-state index in [9.17, 15) is 9.18 Å². The topological polar surface area (TPSA) is 127 Å². The van der Waals surface area contributed by atoms with Gasteiger partial charge in [0.25, 0.3) is 0 Å². The van der Waals surface area contributed by atoms with Gasteiger partial charge in [-0.1, -0.05) is 6.92 Å². The minimum Gasteiger partial charge on any atom is -0.469 e. The number of benzene rings is 1. The highest BCUT2D eigenvalue weighted by atomic mass is 19.1. The largest absolute Gasteiger partial charge is 0.469 e. The fourth-order valence-electron chi connectivity index (χ4n) is 5.33. The van der Waals surface area contributed by atoms with E-state index in [1.54, 1.807) is 36.7 Å². The number of nitrogens with two attached hydrogens (primary N) is 1. The number of nitrogens with zero attached hydrogens (tertiary/aromatic N) is 7. The first kappa shape index (κ1) is 29.3. The molecule has 3 N–H and O–H groups in total. The van der Waals surface area contributed by atoms with Gasteiger partial charge in [0.2, 0.25) is 5.95 Å². The van der Waals surface area contributed by atoms with Gasteiger partial charge in [0.1, 0.15) is 22.9 Å². The first-order chi connectivity index (χ1) is 20.2.